The first-order chi connectivity index (χ1) is 12.1. The number of nitrogens with one attached hydrogen (secondary N) is 2. The number of hydroxylamine groups is 1. The van der Waals surface area contributed by atoms with Gasteiger partial charge in [-0.25, -0.2) is 9.87 Å². The van der Waals surface area contributed by atoms with Crippen molar-refractivity contribution in [2.45, 2.75) is 12.8 Å². The number of nitrogens with zero attached hydrogens (tertiary/aromatic N) is 1. The molecule has 1 fully saturated rings. The van der Waals surface area contributed by atoms with Crippen LogP contribution in [0.2, 0.25) is 0 Å². The summed E-state index contributed by atoms with van der Waals surface area (Å²) < 4.78 is 14.9. The van der Waals surface area contributed by atoms with Crippen molar-refractivity contribution in [3.05, 3.63) is 56.9 Å². The van der Waals surface area contributed by atoms with Gasteiger partial charge in [-0.1, -0.05) is 0 Å². The van der Waals surface area contributed by atoms with Crippen molar-refractivity contribution in [3.63, 3.8) is 0 Å². The van der Waals surface area contributed by atoms with Gasteiger partial charge in [0.1, 0.15) is 5.82 Å². The van der Waals surface area contributed by atoms with Gasteiger partial charge in [-0.3, -0.25) is 9.63 Å². The van der Waals surface area contributed by atoms with Crippen LogP contribution in [0.1, 0.15) is 28.8 Å². The summed E-state index contributed by atoms with van der Waals surface area (Å²) in [7, 11) is 0. The molecule has 0 atom stereocenters. The Labute approximate surface area is 158 Å². The van der Waals surface area contributed by atoms with Crippen LogP contribution < -0.4 is 10.8 Å². The smallest absolute Gasteiger partial charge is 0.276 e. The third-order valence-corrected chi connectivity index (χ3v) is 4.45. The van der Waals surface area contributed by atoms with Gasteiger partial charge in [0.2, 0.25) is 0 Å². The van der Waals surface area contributed by atoms with Gasteiger partial charge in [0.25, 0.3) is 5.91 Å². The molecule has 0 aliphatic heterocycles. The van der Waals surface area contributed by atoms with Crippen LogP contribution in [0.15, 0.2) is 36.4 Å². The van der Waals surface area contributed by atoms with Crippen molar-refractivity contribution in [1.82, 2.24) is 5.48 Å². The molecule has 0 bridgehead atoms. The van der Waals surface area contributed by atoms with Gasteiger partial charge in [-0.05, 0) is 77.7 Å². The molecule has 1 aliphatic rings. The van der Waals surface area contributed by atoms with Crippen LogP contribution in [0.5, 0.6) is 0 Å². The maximum atomic E-state index is 14.1. The number of anilines is 2. The van der Waals surface area contributed by atoms with Gasteiger partial charge in [-0.15, -0.1) is 0 Å². The normalized spacial score (nSPS) is 13.2. The molecule has 2 aromatic carbocycles. The molecular weight excluding hydrogens is 436 g/mol. The van der Waals surface area contributed by atoms with Crippen LogP contribution in [-0.4, -0.2) is 12.5 Å². The maximum Gasteiger partial charge on any atom is 0.276 e. The van der Waals surface area contributed by atoms with Crippen LogP contribution in [0.3, 0.4) is 0 Å². The van der Waals surface area contributed by atoms with Crippen LogP contribution in [0.4, 0.5) is 15.8 Å². The zero-order chi connectivity index (χ0) is 17.8. The number of carbonyl (C=O) groups excluding carboxylic acids is 1. The van der Waals surface area contributed by atoms with E-state index in [9.17, 15) is 9.18 Å². The lowest BCUT2D eigenvalue weighted by Gasteiger charge is -2.13. The van der Waals surface area contributed by atoms with Crippen LogP contribution in [0.25, 0.3) is 0 Å². The van der Waals surface area contributed by atoms with E-state index >= 15 is 0 Å². The van der Waals surface area contributed by atoms with Gasteiger partial charge < -0.3 is 5.32 Å². The first kappa shape index (κ1) is 17.6. The summed E-state index contributed by atoms with van der Waals surface area (Å²) in [5, 5.41) is 12.0. The lowest BCUT2D eigenvalue weighted by atomic mass is 10.1. The molecule has 5 nitrogen and oxygen atoms in total. The fourth-order valence-electron chi connectivity index (χ4n) is 2.22. The van der Waals surface area contributed by atoms with E-state index in [-0.39, 0.29) is 11.3 Å². The Morgan fingerprint density at radius 2 is 2.08 bits per heavy atom. The highest BCUT2D eigenvalue weighted by Crippen LogP contribution is 2.29. The molecule has 1 amide bonds. The minimum atomic E-state index is -0.446. The van der Waals surface area contributed by atoms with Crippen molar-refractivity contribution in [2.75, 3.05) is 11.9 Å². The minimum Gasteiger partial charge on any atom is -0.352 e. The molecule has 2 N–H and O–H groups in total. The number of carbonyl (C=O) groups is 1. The van der Waals surface area contributed by atoms with Crippen molar-refractivity contribution >= 4 is 39.9 Å². The topological polar surface area (TPSA) is 74.2 Å². The molecule has 0 saturated heterocycles. The van der Waals surface area contributed by atoms with Crippen molar-refractivity contribution in [2.24, 2.45) is 5.92 Å². The molecule has 25 heavy (non-hydrogen) atoms. The molecule has 2 aromatic rings. The largest absolute Gasteiger partial charge is 0.352 e. The highest BCUT2D eigenvalue weighted by Gasteiger charge is 2.22. The van der Waals surface area contributed by atoms with Crippen molar-refractivity contribution in [3.8, 4) is 6.07 Å². The van der Waals surface area contributed by atoms with E-state index in [1.54, 1.807) is 12.1 Å². The van der Waals surface area contributed by atoms with Crippen molar-refractivity contribution in [1.29, 1.82) is 5.26 Å². The summed E-state index contributed by atoms with van der Waals surface area (Å²) in [5.74, 6) is -0.371. The third-order valence-electron chi connectivity index (χ3n) is 3.77. The zero-order valence-corrected chi connectivity index (χ0v) is 15.3. The van der Waals surface area contributed by atoms with E-state index in [2.05, 4.69) is 10.8 Å². The molecule has 3 rings (SSSR count). The average molecular weight is 451 g/mol. The highest BCUT2D eigenvalue weighted by atomic mass is 127. The lowest BCUT2D eigenvalue weighted by molar-refractivity contribution is 0.0271. The van der Waals surface area contributed by atoms with Gasteiger partial charge >= 0.3 is 0 Å². The molecular formula is C18H15FIN3O2. The number of benzene rings is 2. The van der Waals surface area contributed by atoms with Crippen LogP contribution in [-0.2, 0) is 4.84 Å². The quantitative estimate of drug-likeness (QED) is 0.512. The fourth-order valence-corrected chi connectivity index (χ4v) is 2.67. The second-order valence-electron chi connectivity index (χ2n) is 5.81. The van der Waals surface area contributed by atoms with E-state index < -0.39 is 11.7 Å². The molecule has 128 valence electrons. The number of hydrogen-bond acceptors (Lipinski definition) is 4. The average Bonchev–Trinajstić information content (AvgIpc) is 3.41. The van der Waals surface area contributed by atoms with Gasteiger partial charge in [-0.2, -0.15) is 5.26 Å². The standard InChI is InChI=1S/C18H15FIN3O2/c19-15-8-13(20)4-6-16(15)22-17-7-12(9-21)3-5-14(17)18(24)23-25-10-11-1-2-11/h3-8,11,22H,1-2,10H2,(H,23,24). The lowest BCUT2D eigenvalue weighted by Crippen LogP contribution is -2.25. The number of amides is 1. The molecule has 0 radical (unpaired) electrons. The summed E-state index contributed by atoms with van der Waals surface area (Å²) in [4.78, 5) is 17.5. The van der Waals surface area contributed by atoms with Gasteiger partial charge in [0.15, 0.2) is 0 Å². The van der Waals surface area contributed by atoms with E-state index in [1.165, 1.54) is 24.3 Å². The summed E-state index contributed by atoms with van der Waals surface area (Å²) in [6.45, 7) is 0.483. The van der Waals surface area contributed by atoms with Crippen molar-refractivity contribution < 1.29 is 14.0 Å². The maximum absolute atomic E-state index is 14.1. The Morgan fingerprint density at radius 3 is 2.76 bits per heavy atom. The number of rotatable bonds is 6. The molecule has 0 aromatic heterocycles. The fraction of sp³-hybridized carbons (Fsp3) is 0.222. The van der Waals surface area contributed by atoms with Crippen LogP contribution in [0, 0.1) is 26.6 Å². The Balaban J connectivity index is 1.82. The molecule has 0 unspecified atom stereocenters. The molecule has 0 heterocycles. The third kappa shape index (κ3) is 4.67. The van der Waals surface area contributed by atoms with E-state index in [1.807, 2.05) is 28.7 Å². The second-order valence-corrected chi connectivity index (χ2v) is 7.05. The molecule has 0 spiro atoms. The summed E-state index contributed by atoms with van der Waals surface area (Å²) in [6, 6.07) is 11.3. The summed E-state index contributed by atoms with van der Waals surface area (Å²) in [6.07, 6.45) is 2.23. The van der Waals surface area contributed by atoms with E-state index in [0.29, 0.717) is 23.8 Å². The SMILES string of the molecule is N#Cc1ccc(C(=O)NOCC2CC2)c(Nc2ccc(I)cc2F)c1. The summed E-state index contributed by atoms with van der Waals surface area (Å²) in [5.41, 5.74) is 3.60. The Kier molecular flexibility index (Phi) is 5.50. The highest BCUT2D eigenvalue weighted by molar-refractivity contribution is 14.1. The second kappa shape index (κ2) is 7.80. The van der Waals surface area contributed by atoms with Crippen LogP contribution >= 0.6 is 22.6 Å². The number of halogens is 2. The minimum absolute atomic E-state index is 0.225. The molecule has 1 aliphatic carbocycles. The first-order valence-corrected chi connectivity index (χ1v) is 8.83. The van der Waals surface area contributed by atoms with Gasteiger partial charge in [0, 0.05) is 3.57 Å². The van der Waals surface area contributed by atoms with E-state index in [4.69, 9.17) is 10.1 Å². The Bertz CT molecular complexity index is 847. The zero-order valence-electron chi connectivity index (χ0n) is 13.2. The van der Waals surface area contributed by atoms with Gasteiger partial charge in [0.05, 0.1) is 35.2 Å². The predicted octanol–water partition coefficient (Wildman–Crippen LogP) is 4.12. The number of nitriles is 1. The molecule has 7 heteroatoms. The first-order valence-electron chi connectivity index (χ1n) is 7.75. The van der Waals surface area contributed by atoms with E-state index in [0.717, 1.165) is 16.4 Å². The molecule has 1 saturated carbocycles. The Hall–Kier alpha value is -2.18. The number of hydrogen-bond donors (Lipinski definition) is 2. The Morgan fingerprint density at radius 1 is 1.28 bits per heavy atom. The monoisotopic (exact) mass is 451 g/mol. The summed E-state index contributed by atoms with van der Waals surface area (Å²) >= 11 is 2.02. The predicted molar refractivity (Wildman–Crippen MR) is 99.7 cm³/mol.